The summed E-state index contributed by atoms with van der Waals surface area (Å²) >= 11 is 4.15. The van der Waals surface area contributed by atoms with Gasteiger partial charge in [0.25, 0.3) is 5.56 Å². The average Bonchev–Trinajstić information content (AvgIpc) is 2.34. The Hall–Kier alpha value is -1.30. The van der Waals surface area contributed by atoms with Crippen LogP contribution in [0.25, 0.3) is 0 Å². The van der Waals surface area contributed by atoms with Gasteiger partial charge in [-0.15, -0.1) is 0 Å². The van der Waals surface area contributed by atoms with E-state index < -0.39 is 0 Å². The van der Waals surface area contributed by atoms with Crippen LogP contribution >= 0.6 is 12.6 Å². The molecule has 1 aliphatic rings. The molecule has 0 atom stereocenters. The first kappa shape index (κ1) is 12.2. The Balaban J connectivity index is 2.63. The molecule has 0 bridgehead atoms. The van der Waals surface area contributed by atoms with E-state index in [0.717, 1.165) is 6.42 Å². The molecule has 2 rings (SSSR count). The fourth-order valence-electron chi connectivity index (χ4n) is 2.14. The van der Waals surface area contributed by atoms with Crippen molar-refractivity contribution < 1.29 is 5.21 Å². The highest BCUT2D eigenvalue weighted by atomic mass is 32.1. The number of thiol groups is 1. The van der Waals surface area contributed by atoms with E-state index in [-0.39, 0.29) is 5.56 Å². The van der Waals surface area contributed by atoms with Crippen molar-refractivity contribution in [2.45, 2.75) is 32.7 Å². The van der Waals surface area contributed by atoms with Crippen molar-refractivity contribution in [1.29, 1.82) is 0 Å². The van der Waals surface area contributed by atoms with Gasteiger partial charge in [0, 0.05) is 17.8 Å². The van der Waals surface area contributed by atoms with Gasteiger partial charge in [-0.25, -0.2) is 4.98 Å². The van der Waals surface area contributed by atoms with Gasteiger partial charge in [0.2, 0.25) is 0 Å². The van der Waals surface area contributed by atoms with Crippen LogP contribution in [0.5, 0.6) is 0 Å². The Morgan fingerprint density at radius 2 is 2.35 bits per heavy atom. The SMILES string of the molecule is Cc1nc2n(c(=O)c1CCS)CCC/C2=N/O. The van der Waals surface area contributed by atoms with E-state index in [9.17, 15) is 4.79 Å². The minimum Gasteiger partial charge on any atom is -0.411 e. The monoisotopic (exact) mass is 253 g/mol. The normalized spacial score (nSPS) is 17.2. The van der Waals surface area contributed by atoms with Crippen molar-refractivity contribution in [3.8, 4) is 0 Å². The number of nitrogens with zero attached hydrogens (tertiary/aromatic N) is 3. The summed E-state index contributed by atoms with van der Waals surface area (Å²) in [5.74, 6) is 1.13. The highest BCUT2D eigenvalue weighted by molar-refractivity contribution is 7.80. The zero-order chi connectivity index (χ0) is 12.4. The van der Waals surface area contributed by atoms with Crippen LogP contribution in [0.3, 0.4) is 0 Å². The Labute approximate surface area is 105 Å². The maximum Gasteiger partial charge on any atom is 0.257 e. The first-order valence-corrected chi connectivity index (χ1v) is 6.24. The predicted molar refractivity (Wildman–Crippen MR) is 68.3 cm³/mol. The predicted octanol–water partition coefficient (Wildman–Crippen LogP) is 0.996. The summed E-state index contributed by atoms with van der Waals surface area (Å²) in [7, 11) is 0. The molecule has 0 aromatic carbocycles. The van der Waals surface area contributed by atoms with Crippen LogP contribution in [0.4, 0.5) is 0 Å². The van der Waals surface area contributed by atoms with Crippen LogP contribution in [0, 0.1) is 6.92 Å². The van der Waals surface area contributed by atoms with Crippen LogP contribution in [0.1, 0.15) is 29.9 Å². The molecular weight excluding hydrogens is 238 g/mol. The number of rotatable bonds is 2. The van der Waals surface area contributed by atoms with Gasteiger partial charge in [0.1, 0.15) is 5.71 Å². The Morgan fingerprint density at radius 3 is 3.00 bits per heavy atom. The second-order valence-corrected chi connectivity index (χ2v) is 4.53. The van der Waals surface area contributed by atoms with Crippen molar-refractivity contribution in [3.63, 3.8) is 0 Å². The molecule has 1 aliphatic heterocycles. The molecule has 0 unspecified atom stereocenters. The van der Waals surface area contributed by atoms with Crippen LogP contribution in [-0.4, -0.2) is 26.2 Å². The third kappa shape index (κ3) is 2.09. The molecule has 5 nitrogen and oxygen atoms in total. The lowest BCUT2D eigenvalue weighted by atomic mass is 10.1. The fourth-order valence-corrected chi connectivity index (χ4v) is 2.36. The second-order valence-electron chi connectivity index (χ2n) is 4.08. The molecule has 0 amide bonds. The van der Waals surface area contributed by atoms with Gasteiger partial charge in [-0.2, -0.15) is 12.6 Å². The smallest absolute Gasteiger partial charge is 0.257 e. The molecule has 0 aliphatic carbocycles. The van der Waals surface area contributed by atoms with Crippen molar-refractivity contribution >= 4 is 18.3 Å². The third-order valence-electron chi connectivity index (χ3n) is 3.01. The molecule has 92 valence electrons. The summed E-state index contributed by atoms with van der Waals surface area (Å²) in [4.78, 5) is 16.6. The molecule has 0 saturated heterocycles. The molecular formula is C11H15N3O2S. The third-order valence-corrected chi connectivity index (χ3v) is 3.23. The van der Waals surface area contributed by atoms with Gasteiger partial charge in [-0.05, 0) is 31.9 Å². The van der Waals surface area contributed by atoms with Crippen LogP contribution in [0.15, 0.2) is 9.95 Å². The van der Waals surface area contributed by atoms with E-state index in [1.54, 1.807) is 4.57 Å². The minimum absolute atomic E-state index is 0.0256. The van der Waals surface area contributed by atoms with Crippen LogP contribution in [0.2, 0.25) is 0 Å². The maximum atomic E-state index is 12.2. The lowest BCUT2D eigenvalue weighted by molar-refractivity contribution is 0.315. The molecule has 2 heterocycles. The van der Waals surface area contributed by atoms with Gasteiger partial charge >= 0.3 is 0 Å². The largest absolute Gasteiger partial charge is 0.411 e. The summed E-state index contributed by atoms with van der Waals surface area (Å²) in [5.41, 5.74) is 1.89. The van der Waals surface area contributed by atoms with E-state index in [0.29, 0.717) is 47.9 Å². The topological polar surface area (TPSA) is 67.5 Å². The summed E-state index contributed by atoms with van der Waals surface area (Å²) < 4.78 is 1.60. The van der Waals surface area contributed by atoms with Gasteiger partial charge < -0.3 is 5.21 Å². The molecule has 0 fully saturated rings. The summed E-state index contributed by atoms with van der Waals surface area (Å²) in [6.07, 6.45) is 2.08. The number of oxime groups is 1. The summed E-state index contributed by atoms with van der Waals surface area (Å²) in [6.45, 7) is 2.45. The first-order valence-electron chi connectivity index (χ1n) is 5.61. The van der Waals surface area contributed by atoms with Crippen LogP contribution < -0.4 is 5.56 Å². The van der Waals surface area contributed by atoms with Gasteiger partial charge in [-0.1, -0.05) is 5.16 Å². The molecule has 17 heavy (non-hydrogen) atoms. The maximum absolute atomic E-state index is 12.2. The standard InChI is InChI=1S/C11H15N3O2S/c1-7-8(4-6-17)11(15)14-5-2-3-9(13-16)10(14)12-7/h16-17H,2-6H2,1H3/b13-9-. The lowest BCUT2D eigenvalue weighted by Gasteiger charge is -2.20. The molecule has 6 heteroatoms. The van der Waals surface area contributed by atoms with E-state index in [1.807, 2.05) is 6.92 Å². The number of aromatic nitrogens is 2. The molecule has 1 aromatic rings. The number of hydrogen-bond acceptors (Lipinski definition) is 5. The zero-order valence-electron chi connectivity index (χ0n) is 9.68. The van der Waals surface area contributed by atoms with Crippen molar-refractivity contribution in [2.75, 3.05) is 5.75 Å². The first-order chi connectivity index (χ1) is 8.19. The van der Waals surface area contributed by atoms with Crippen molar-refractivity contribution in [2.24, 2.45) is 5.16 Å². The van der Waals surface area contributed by atoms with Gasteiger partial charge in [0.15, 0.2) is 5.82 Å². The molecule has 1 aromatic heterocycles. The van der Waals surface area contributed by atoms with Crippen molar-refractivity contribution in [3.05, 3.63) is 27.4 Å². The quantitative estimate of drug-likeness (QED) is 0.469. The summed E-state index contributed by atoms with van der Waals surface area (Å²) in [6, 6.07) is 0. The Bertz CT molecular complexity index is 522. The number of aryl methyl sites for hydroxylation is 1. The van der Waals surface area contributed by atoms with E-state index in [4.69, 9.17) is 5.21 Å². The Morgan fingerprint density at radius 1 is 1.59 bits per heavy atom. The minimum atomic E-state index is -0.0256. The highest BCUT2D eigenvalue weighted by Gasteiger charge is 2.21. The average molecular weight is 253 g/mol. The van der Waals surface area contributed by atoms with Crippen molar-refractivity contribution in [1.82, 2.24) is 9.55 Å². The number of hydrogen-bond donors (Lipinski definition) is 2. The van der Waals surface area contributed by atoms with Gasteiger partial charge in [-0.3, -0.25) is 9.36 Å². The molecule has 1 N–H and O–H groups in total. The second kappa shape index (κ2) is 4.91. The zero-order valence-corrected chi connectivity index (χ0v) is 10.6. The Kier molecular flexibility index (Phi) is 3.51. The molecule has 0 saturated carbocycles. The lowest BCUT2D eigenvalue weighted by Crippen LogP contribution is -2.35. The van der Waals surface area contributed by atoms with E-state index in [2.05, 4.69) is 22.8 Å². The van der Waals surface area contributed by atoms with Crippen LogP contribution in [-0.2, 0) is 13.0 Å². The number of fused-ring (bicyclic) bond motifs is 1. The highest BCUT2D eigenvalue weighted by Crippen LogP contribution is 2.13. The van der Waals surface area contributed by atoms with Gasteiger partial charge in [0.05, 0.1) is 0 Å². The fraction of sp³-hybridized carbons (Fsp3) is 0.545. The summed E-state index contributed by atoms with van der Waals surface area (Å²) in [5, 5.41) is 12.1. The van der Waals surface area contributed by atoms with E-state index >= 15 is 0 Å². The van der Waals surface area contributed by atoms with E-state index in [1.165, 1.54) is 0 Å². The molecule has 0 spiro atoms. The molecule has 0 radical (unpaired) electrons.